The van der Waals surface area contributed by atoms with Gasteiger partial charge in [0, 0.05) is 24.9 Å². The van der Waals surface area contributed by atoms with Gasteiger partial charge in [-0.15, -0.1) is 0 Å². The largest absolute Gasteiger partial charge is 0.349 e. The van der Waals surface area contributed by atoms with E-state index in [9.17, 15) is 0 Å². The summed E-state index contributed by atoms with van der Waals surface area (Å²) in [6.45, 7) is 8.33. The number of aromatic nitrogens is 2. The maximum Gasteiger partial charge on any atom is 0.106 e. The fourth-order valence-corrected chi connectivity index (χ4v) is 3.36. The quantitative estimate of drug-likeness (QED) is 0.741. The summed E-state index contributed by atoms with van der Waals surface area (Å²) in [5.74, 6) is 2.04. The number of aromatic amines is 1. The monoisotopic (exact) mass is 277 g/mol. The highest BCUT2D eigenvalue weighted by Crippen LogP contribution is 2.40. The standard InChI is InChI=1S/C17H31N3/c1-4-17(2,3)14-7-9-15(10-8-14)18-11-5-6-16-19-12-13-20-16/h12-15,18H,4-11H2,1-3H3,(H,19,20). The van der Waals surface area contributed by atoms with Crippen LogP contribution in [0.4, 0.5) is 0 Å². The number of nitrogens with one attached hydrogen (secondary N) is 2. The average Bonchev–Trinajstić information content (AvgIpc) is 2.97. The van der Waals surface area contributed by atoms with Gasteiger partial charge in [-0.2, -0.15) is 0 Å². The lowest BCUT2D eigenvalue weighted by molar-refractivity contribution is 0.137. The predicted octanol–water partition coefficient (Wildman–Crippen LogP) is 3.93. The molecule has 0 amide bonds. The molecule has 1 aliphatic rings. The van der Waals surface area contributed by atoms with Gasteiger partial charge in [-0.3, -0.25) is 0 Å². The molecule has 0 atom stereocenters. The molecule has 0 radical (unpaired) electrons. The SMILES string of the molecule is CCC(C)(C)C1CCC(NCCCc2ncc[nH]2)CC1. The Balaban J connectivity index is 1.60. The zero-order valence-corrected chi connectivity index (χ0v) is 13.4. The van der Waals surface area contributed by atoms with E-state index in [1.807, 2.05) is 12.4 Å². The van der Waals surface area contributed by atoms with E-state index in [0.717, 1.165) is 30.7 Å². The molecule has 1 aromatic rings. The lowest BCUT2D eigenvalue weighted by Gasteiger charge is -2.39. The van der Waals surface area contributed by atoms with E-state index in [1.54, 1.807) is 0 Å². The van der Waals surface area contributed by atoms with Gasteiger partial charge < -0.3 is 10.3 Å². The van der Waals surface area contributed by atoms with Crippen molar-refractivity contribution in [2.45, 2.75) is 71.8 Å². The third-order valence-corrected chi connectivity index (χ3v) is 5.32. The summed E-state index contributed by atoms with van der Waals surface area (Å²) in [6, 6.07) is 0.746. The van der Waals surface area contributed by atoms with Crippen molar-refractivity contribution in [3.05, 3.63) is 18.2 Å². The second-order valence-electron chi connectivity index (χ2n) is 6.98. The van der Waals surface area contributed by atoms with E-state index < -0.39 is 0 Å². The Morgan fingerprint density at radius 3 is 2.65 bits per heavy atom. The molecule has 0 saturated heterocycles. The molecule has 3 nitrogen and oxygen atoms in total. The Hall–Kier alpha value is -0.830. The Bertz CT molecular complexity index is 362. The summed E-state index contributed by atoms with van der Waals surface area (Å²) in [5.41, 5.74) is 0.532. The number of H-pyrrole nitrogens is 1. The minimum absolute atomic E-state index is 0.532. The molecule has 2 N–H and O–H groups in total. The lowest BCUT2D eigenvalue weighted by atomic mass is 9.69. The first kappa shape index (κ1) is 15.6. The minimum atomic E-state index is 0.532. The van der Waals surface area contributed by atoms with Crippen molar-refractivity contribution in [3.8, 4) is 0 Å². The van der Waals surface area contributed by atoms with Crippen molar-refractivity contribution in [1.82, 2.24) is 15.3 Å². The first-order valence-corrected chi connectivity index (χ1v) is 8.33. The summed E-state index contributed by atoms with van der Waals surface area (Å²) in [5, 5.41) is 3.73. The number of rotatable bonds is 7. The van der Waals surface area contributed by atoms with E-state index in [2.05, 4.69) is 36.1 Å². The van der Waals surface area contributed by atoms with Gasteiger partial charge in [0.25, 0.3) is 0 Å². The lowest BCUT2D eigenvalue weighted by Crippen LogP contribution is -2.37. The van der Waals surface area contributed by atoms with Crippen LogP contribution in [0.2, 0.25) is 0 Å². The molecule has 1 fully saturated rings. The van der Waals surface area contributed by atoms with Crippen molar-refractivity contribution in [3.63, 3.8) is 0 Å². The van der Waals surface area contributed by atoms with Crippen LogP contribution < -0.4 is 5.32 Å². The third-order valence-electron chi connectivity index (χ3n) is 5.32. The second-order valence-corrected chi connectivity index (χ2v) is 6.98. The van der Waals surface area contributed by atoms with E-state index in [4.69, 9.17) is 0 Å². The van der Waals surface area contributed by atoms with Crippen LogP contribution in [0.1, 0.15) is 65.1 Å². The molecule has 20 heavy (non-hydrogen) atoms. The van der Waals surface area contributed by atoms with Crippen LogP contribution in [0.3, 0.4) is 0 Å². The van der Waals surface area contributed by atoms with Crippen LogP contribution in [-0.4, -0.2) is 22.6 Å². The molecule has 0 spiro atoms. The summed E-state index contributed by atoms with van der Waals surface area (Å²) in [6.07, 6.45) is 12.8. The fraction of sp³-hybridized carbons (Fsp3) is 0.824. The molecule has 3 heteroatoms. The minimum Gasteiger partial charge on any atom is -0.349 e. The maximum atomic E-state index is 4.26. The van der Waals surface area contributed by atoms with E-state index in [0.29, 0.717) is 5.41 Å². The van der Waals surface area contributed by atoms with E-state index in [1.165, 1.54) is 38.5 Å². The first-order chi connectivity index (χ1) is 9.62. The van der Waals surface area contributed by atoms with Gasteiger partial charge in [0.2, 0.25) is 0 Å². The Labute approximate surface area is 124 Å². The van der Waals surface area contributed by atoms with Crippen LogP contribution in [0, 0.1) is 11.3 Å². The summed E-state index contributed by atoms with van der Waals surface area (Å²) >= 11 is 0. The van der Waals surface area contributed by atoms with Gasteiger partial charge >= 0.3 is 0 Å². The molecular formula is C17H31N3. The smallest absolute Gasteiger partial charge is 0.106 e. The molecule has 114 valence electrons. The molecular weight excluding hydrogens is 246 g/mol. The van der Waals surface area contributed by atoms with Crippen molar-refractivity contribution in [2.75, 3.05) is 6.54 Å². The summed E-state index contributed by atoms with van der Waals surface area (Å²) < 4.78 is 0. The third kappa shape index (κ3) is 4.34. The zero-order valence-electron chi connectivity index (χ0n) is 13.4. The van der Waals surface area contributed by atoms with Gasteiger partial charge in [-0.1, -0.05) is 27.2 Å². The first-order valence-electron chi connectivity index (χ1n) is 8.33. The molecule has 0 bridgehead atoms. The van der Waals surface area contributed by atoms with Crippen LogP contribution in [0.25, 0.3) is 0 Å². The number of imidazole rings is 1. The van der Waals surface area contributed by atoms with Gasteiger partial charge in [0.1, 0.15) is 5.82 Å². The normalized spacial score (nSPS) is 23.9. The molecule has 0 aromatic carbocycles. The predicted molar refractivity (Wildman–Crippen MR) is 84.7 cm³/mol. The van der Waals surface area contributed by atoms with Crippen molar-refractivity contribution in [1.29, 1.82) is 0 Å². The Morgan fingerprint density at radius 1 is 1.30 bits per heavy atom. The average molecular weight is 277 g/mol. The van der Waals surface area contributed by atoms with Gasteiger partial charge in [0.15, 0.2) is 0 Å². The number of hydrogen-bond donors (Lipinski definition) is 2. The molecule has 1 heterocycles. The van der Waals surface area contributed by atoms with Crippen LogP contribution >= 0.6 is 0 Å². The van der Waals surface area contributed by atoms with E-state index >= 15 is 0 Å². The molecule has 1 saturated carbocycles. The highest BCUT2D eigenvalue weighted by atomic mass is 14.9. The van der Waals surface area contributed by atoms with Gasteiger partial charge in [-0.25, -0.2) is 4.98 Å². The molecule has 1 aliphatic carbocycles. The molecule has 0 aliphatic heterocycles. The second kappa shape index (κ2) is 7.26. The summed E-state index contributed by atoms with van der Waals surface area (Å²) in [4.78, 5) is 7.43. The fourth-order valence-electron chi connectivity index (χ4n) is 3.36. The van der Waals surface area contributed by atoms with Gasteiger partial charge in [-0.05, 0) is 50.0 Å². The highest BCUT2D eigenvalue weighted by molar-refractivity contribution is 4.88. The number of hydrogen-bond acceptors (Lipinski definition) is 2. The highest BCUT2D eigenvalue weighted by Gasteiger charge is 2.31. The maximum absolute atomic E-state index is 4.26. The van der Waals surface area contributed by atoms with Crippen LogP contribution in [-0.2, 0) is 6.42 Å². The Morgan fingerprint density at radius 2 is 2.05 bits per heavy atom. The molecule has 1 aromatic heterocycles. The molecule has 0 unspecified atom stereocenters. The van der Waals surface area contributed by atoms with E-state index in [-0.39, 0.29) is 0 Å². The van der Waals surface area contributed by atoms with Crippen molar-refractivity contribution < 1.29 is 0 Å². The topological polar surface area (TPSA) is 40.7 Å². The van der Waals surface area contributed by atoms with Crippen LogP contribution in [0.5, 0.6) is 0 Å². The number of aryl methyl sites for hydroxylation is 1. The van der Waals surface area contributed by atoms with Crippen molar-refractivity contribution >= 4 is 0 Å². The van der Waals surface area contributed by atoms with Crippen molar-refractivity contribution in [2.24, 2.45) is 11.3 Å². The van der Waals surface area contributed by atoms with Gasteiger partial charge in [0.05, 0.1) is 0 Å². The molecule has 2 rings (SSSR count). The number of nitrogens with zero attached hydrogens (tertiary/aromatic N) is 1. The summed E-state index contributed by atoms with van der Waals surface area (Å²) in [7, 11) is 0. The zero-order chi connectivity index (χ0) is 14.4. The van der Waals surface area contributed by atoms with Crippen LogP contribution in [0.15, 0.2) is 12.4 Å². The Kier molecular flexibility index (Phi) is 5.64.